The van der Waals surface area contributed by atoms with Gasteiger partial charge in [0.1, 0.15) is 0 Å². The summed E-state index contributed by atoms with van der Waals surface area (Å²) in [5, 5.41) is 4.08. The van der Waals surface area contributed by atoms with Crippen molar-refractivity contribution in [1.82, 2.24) is 0 Å². The highest BCUT2D eigenvalue weighted by atomic mass is 32.1. The Labute approximate surface area is 118 Å². The van der Waals surface area contributed by atoms with Crippen molar-refractivity contribution in [3.63, 3.8) is 0 Å². The first-order valence-electron chi connectivity index (χ1n) is 6.51. The fourth-order valence-electron chi connectivity index (χ4n) is 2.49. The molecule has 0 saturated carbocycles. The fourth-order valence-corrected chi connectivity index (χ4v) is 2.95. The molecule has 0 bridgehead atoms. The summed E-state index contributed by atoms with van der Waals surface area (Å²) in [5.41, 5.74) is 6.88. The number of allylic oxidation sites excluding steroid dienone is 11. The van der Waals surface area contributed by atoms with Crippen molar-refractivity contribution in [2.45, 2.75) is 12.8 Å². The van der Waals surface area contributed by atoms with Crippen LogP contribution in [-0.2, 0) is 0 Å². The topological polar surface area (TPSA) is 0 Å². The molecule has 3 aliphatic rings. The predicted octanol–water partition coefficient (Wildman–Crippen LogP) is 5.37. The maximum Gasteiger partial charge on any atom is -0.00934 e. The lowest BCUT2D eigenvalue weighted by molar-refractivity contribution is 1.02. The molecule has 4 rings (SSSR count). The maximum absolute atomic E-state index is 4.01. The van der Waals surface area contributed by atoms with Crippen LogP contribution >= 0.6 is 11.3 Å². The van der Waals surface area contributed by atoms with Crippen LogP contribution < -0.4 is 0 Å². The molecule has 0 fully saturated rings. The molecule has 1 aromatic heterocycles. The van der Waals surface area contributed by atoms with Crippen LogP contribution in [0.15, 0.2) is 93.8 Å². The summed E-state index contributed by atoms with van der Waals surface area (Å²) >= 11 is 1.71. The standard InChI is InChI=1S/C14H12.C4H4S/c1-10-5-6-12(9-10)14-8-7-11-3-2-4-13(11)14;1-2-4-5-3-1/h2-4,7-9H,1,5-6H2;1-4H. The summed E-state index contributed by atoms with van der Waals surface area (Å²) in [4.78, 5) is 0. The van der Waals surface area contributed by atoms with Crippen LogP contribution in [0.25, 0.3) is 0 Å². The number of hydrogen-bond acceptors (Lipinski definition) is 1. The van der Waals surface area contributed by atoms with Crippen LogP contribution in [0.4, 0.5) is 0 Å². The SMILES string of the molecule is C=C1C=C(C2=CC=C3C=CC=C32)CC1.c1ccsc1. The molecule has 0 spiro atoms. The van der Waals surface area contributed by atoms with Gasteiger partial charge in [0.05, 0.1) is 0 Å². The van der Waals surface area contributed by atoms with Crippen LogP contribution in [0.5, 0.6) is 0 Å². The third-order valence-electron chi connectivity index (χ3n) is 3.43. The van der Waals surface area contributed by atoms with Crippen LogP contribution in [0.1, 0.15) is 12.8 Å². The van der Waals surface area contributed by atoms with Gasteiger partial charge in [-0.05, 0) is 45.9 Å². The Morgan fingerprint density at radius 2 is 1.79 bits per heavy atom. The second-order valence-electron chi connectivity index (χ2n) is 4.76. The number of fused-ring (bicyclic) bond motifs is 1. The second kappa shape index (κ2) is 5.41. The maximum atomic E-state index is 4.01. The van der Waals surface area contributed by atoms with Crippen molar-refractivity contribution in [2.24, 2.45) is 0 Å². The first kappa shape index (κ1) is 12.2. The monoisotopic (exact) mass is 264 g/mol. The molecule has 0 aromatic carbocycles. The van der Waals surface area contributed by atoms with Gasteiger partial charge >= 0.3 is 0 Å². The molecule has 0 N–H and O–H groups in total. The minimum atomic E-state index is 1.13. The third kappa shape index (κ3) is 2.61. The summed E-state index contributed by atoms with van der Waals surface area (Å²) in [7, 11) is 0. The van der Waals surface area contributed by atoms with E-state index in [4.69, 9.17) is 0 Å². The molecule has 0 aliphatic heterocycles. The van der Waals surface area contributed by atoms with Crippen molar-refractivity contribution < 1.29 is 0 Å². The van der Waals surface area contributed by atoms with Gasteiger partial charge in [-0.25, -0.2) is 0 Å². The second-order valence-corrected chi connectivity index (χ2v) is 5.58. The van der Waals surface area contributed by atoms with E-state index in [1.807, 2.05) is 22.9 Å². The smallest absolute Gasteiger partial charge is 0.00934 e. The lowest BCUT2D eigenvalue weighted by Crippen LogP contribution is -1.87. The molecule has 1 heteroatoms. The van der Waals surface area contributed by atoms with Gasteiger partial charge in [-0.15, -0.1) is 0 Å². The molecular weight excluding hydrogens is 248 g/mol. The molecule has 1 aromatic rings. The Morgan fingerprint density at radius 1 is 0.947 bits per heavy atom. The van der Waals surface area contributed by atoms with Crippen LogP contribution in [-0.4, -0.2) is 0 Å². The number of rotatable bonds is 1. The van der Waals surface area contributed by atoms with Crippen LogP contribution in [0.3, 0.4) is 0 Å². The third-order valence-corrected chi connectivity index (χ3v) is 4.06. The highest BCUT2D eigenvalue weighted by molar-refractivity contribution is 7.07. The number of thiophene rings is 1. The molecule has 1 heterocycles. The van der Waals surface area contributed by atoms with E-state index in [9.17, 15) is 0 Å². The lowest BCUT2D eigenvalue weighted by atomic mass is 9.98. The molecule has 0 unspecified atom stereocenters. The van der Waals surface area contributed by atoms with E-state index in [1.54, 1.807) is 11.3 Å². The van der Waals surface area contributed by atoms with E-state index >= 15 is 0 Å². The Hall–Kier alpha value is -1.86. The number of hydrogen-bond donors (Lipinski definition) is 0. The highest BCUT2D eigenvalue weighted by Gasteiger charge is 2.21. The van der Waals surface area contributed by atoms with E-state index < -0.39 is 0 Å². The van der Waals surface area contributed by atoms with Gasteiger partial charge in [0.2, 0.25) is 0 Å². The molecule has 0 nitrogen and oxygen atoms in total. The molecule has 0 saturated heterocycles. The van der Waals surface area contributed by atoms with Crippen LogP contribution in [0.2, 0.25) is 0 Å². The van der Waals surface area contributed by atoms with Gasteiger partial charge in [-0.2, -0.15) is 11.3 Å². The van der Waals surface area contributed by atoms with Crippen molar-refractivity contribution in [2.75, 3.05) is 0 Å². The molecular formula is C18H16S. The average Bonchev–Trinajstić information content (AvgIpc) is 3.16. The predicted molar refractivity (Wildman–Crippen MR) is 84.2 cm³/mol. The van der Waals surface area contributed by atoms with Crippen molar-refractivity contribution >= 4 is 11.3 Å². The highest BCUT2D eigenvalue weighted by Crippen LogP contribution is 2.39. The Balaban J connectivity index is 0.000000187. The first-order valence-corrected chi connectivity index (χ1v) is 7.46. The van der Waals surface area contributed by atoms with E-state index in [0.29, 0.717) is 0 Å². The lowest BCUT2D eigenvalue weighted by Gasteiger charge is -2.05. The van der Waals surface area contributed by atoms with Gasteiger partial charge in [0, 0.05) is 0 Å². The van der Waals surface area contributed by atoms with Crippen LogP contribution in [0, 0.1) is 0 Å². The molecule has 94 valence electrons. The fraction of sp³-hybridized carbons (Fsp3) is 0.111. The minimum Gasteiger partial charge on any atom is -0.152 e. The molecule has 0 amide bonds. The van der Waals surface area contributed by atoms with Crippen molar-refractivity contribution in [1.29, 1.82) is 0 Å². The summed E-state index contributed by atoms with van der Waals surface area (Å²) in [6.45, 7) is 4.01. The van der Waals surface area contributed by atoms with E-state index in [2.05, 4.69) is 43.0 Å². The Bertz CT molecular complexity index is 614. The summed E-state index contributed by atoms with van der Waals surface area (Å²) in [6, 6.07) is 4.04. The van der Waals surface area contributed by atoms with Gasteiger partial charge in [-0.1, -0.05) is 60.7 Å². The molecule has 0 radical (unpaired) electrons. The van der Waals surface area contributed by atoms with Crippen molar-refractivity contribution in [3.05, 3.63) is 93.8 Å². The molecule has 19 heavy (non-hydrogen) atoms. The van der Waals surface area contributed by atoms with Gasteiger partial charge in [0.25, 0.3) is 0 Å². The Morgan fingerprint density at radius 3 is 2.42 bits per heavy atom. The molecule has 3 aliphatic carbocycles. The van der Waals surface area contributed by atoms with Crippen molar-refractivity contribution in [3.8, 4) is 0 Å². The van der Waals surface area contributed by atoms with Gasteiger partial charge in [-0.3, -0.25) is 0 Å². The van der Waals surface area contributed by atoms with E-state index in [0.717, 1.165) is 12.8 Å². The van der Waals surface area contributed by atoms with E-state index in [-0.39, 0.29) is 0 Å². The normalized spacial score (nSPS) is 19.3. The summed E-state index contributed by atoms with van der Waals surface area (Å²) in [6.07, 6.45) is 15.4. The Kier molecular flexibility index (Phi) is 3.47. The van der Waals surface area contributed by atoms with E-state index in [1.165, 1.54) is 27.9 Å². The largest absolute Gasteiger partial charge is 0.152 e. The zero-order chi connectivity index (χ0) is 13.1. The summed E-state index contributed by atoms with van der Waals surface area (Å²) < 4.78 is 0. The molecule has 0 atom stereocenters. The summed E-state index contributed by atoms with van der Waals surface area (Å²) in [5.74, 6) is 0. The average molecular weight is 264 g/mol. The van der Waals surface area contributed by atoms with Gasteiger partial charge < -0.3 is 0 Å². The van der Waals surface area contributed by atoms with Gasteiger partial charge in [0.15, 0.2) is 0 Å². The zero-order valence-electron chi connectivity index (χ0n) is 10.8. The first-order chi connectivity index (χ1) is 9.34. The zero-order valence-corrected chi connectivity index (χ0v) is 11.6. The minimum absolute atomic E-state index is 1.13. The quantitative estimate of drug-likeness (QED) is 0.639.